The summed E-state index contributed by atoms with van der Waals surface area (Å²) in [5.74, 6) is 2.06. The van der Waals surface area contributed by atoms with Gasteiger partial charge in [0.15, 0.2) is 11.4 Å². The van der Waals surface area contributed by atoms with Crippen molar-refractivity contribution in [2.45, 2.75) is 33.1 Å². The van der Waals surface area contributed by atoms with Crippen molar-refractivity contribution in [3.63, 3.8) is 0 Å². The van der Waals surface area contributed by atoms with Gasteiger partial charge < -0.3 is 14.2 Å². The topological polar surface area (TPSA) is 80.3 Å². The van der Waals surface area contributed by atoms with Gasteiger partial charge >= 0.3 is 0 Å². The first-order valence-corrected chi connectivity index (χ1v) is 11.5. The summed E-state index contributed by atoms with van der Waals surface area (Å²) in [7, 11) is 0. The zero-order chi connectivity index (χ0) is 22.8. The molecule has 0 radical (unpaired) electrons. The first-order valence-electron chi connectivity index (χ1n) is 11.5. The minimum Gasteiger partial charge on any atom is -0.459 e. The molecule has 0 spiro atoms. The quantitative estimate of drug-likeness (QED) is 0.463. The Bertz CT molecular complexity index is 1250. The third kappa shape index (κ3) is 4.08. The van der Waals surface area contributed by atoms with Crippen LogP contribution in [0.25, 0.3) is 16.7 Å². The molecule has 0 N–H and O–H groups in total. The smallest absolute Gasteiger partial charge is 0.289 e. The number of rotatable bonds is 5. The molecule has 8 nitrogen and oxygen atoms in total. The molecule has 1 amide bonds. The molecule has 1 aliphatic rings. The predicted octanol–water partition coefficient (Wildman–Crippen LogP) is 4.02. The monoisotopic (exact) mass is 444 g/mol. The van der Waals surface area contributed by atoms with Crippen LogP contribution in [0.3, 0.4) is 0 Å². The Balaban J connectivity index is 1.52. The van der Waals surface area contributed by atoms with E-state index < -0.39 is 0 Å². The lowest BCUT2D eigenvalue weighted by atomic mass is 10.2. The van der Waals surface area contributed by atoms with Gasteiger partial charge in [0.05, 0.1) is 23.0 Å². The second-order valence-corrected chi connectivity index (χ2v) is 8.35. The molecule has 1 aliphatic heterocycles. The van der Waals surface area contributed by atoms with Crippen LogP contribution in [0.4, 0.5) is 5.82 Å². The number of carbonyl (C=O) groups excluding carboxylic acids is 1. The first-order chi connectivity index (χ1) is 16.2. The van der Waals surface area contributed by atoms with Crippen molar-refractivity contribution in [3.8, 4) is 5.69 Å². The average molecular weight is 445 g/mol. The van der Waals surface area contributed by atoms with E-state index in [2.05, 4.69) is 11.8 Å². The third-order valence-corrected chi connectivity index (χ3v) is 6.02. The van der Waals surface area contributed by atoms with Crippen molar-refractivity contribution in [1.82, 2.24) is 24.6 Å². The van der Waals surface area contributed by atoms with Gasteiger partial charge in [-0.15, -0.1) is 0 Å². The number of benzene rings is 1. The molecular formula is C25H28N6O2. The number of amides is 1. The van der Waals surface area contributed by atoms with Gasteiger partial charge in [-0.2, -0.15) is 5.10 Å². The number of fused-ring (bicyclic) bond motifs is 1. The molecule has 8 heteroatoms. The van der Waals surface area contributed by atoms with E-state index in [4.69, 9.17) is 19.5 Å². The van der Waals surface area contributed by atoms with Crippen LogP contribution in [0.15, 0.2) is 53.1 Å². The van der Waals surface area contributed by atoms with Gasteiger partial charge in [-0.25, -0.2) is 14.6 Å². The molecule has 1 aromatic carbocycles. The van der Waals surface area contributed by atoms with Gasteiger partial charge in [0.25, 0.3) is 5.91 Å². The van der Waals surface area contributed by atoms with Crippen molar-refractivity contribution in [1.29, 1.82) is 0 Å². The Hall–Kier alpha value is -3.68. The molecule has 4 heterocycles. The SMILES string of the molecule is CCCc1nc(N2CCCN(C(=O)c3ccco3)CC2)c2c(C)nn(-c3ccccc3)c2n1. The van der Waals surface area contributed by atoms with Crippen molar-refractivity contribution in [3.05, 3.63) is 66.0 Å². The van der Waals surface area contributed by atoms with Crippen molar-refractivity contribution in [2.24, 2.45) is 0 Å². The maximum absolute atomic E-state index is 12.8. The Morgan fingerprint density at radius 2 is 1.88 bits per heavy atom. The van der Waals surface area contributed by atoms with Crippen LogP contribution in [0.1, 0.15) is 41.8 Å². The van der Waals surface area contributed by atoms with E-state index in [1.54, 1.807) is 12.1 Å². The largest absolute Gasteiger partial charge is 0.459 e. The zero-order valence-electron chi connectivity index (χ0n) is 19.1. The molecule has 1 fully saturated rings. The average Bonchev–Trinajstić information content (AvgIpc) is 3.41. The Kier molecular flexibility index (Phi) is 5.81. The molecule has 0 bridgehead atoms. The van der Waals surface area contributed by atoms with Crippen molar-refractivity contribution in [2.75, 3.05) is 31.1 Å². The van der Waals surface area contributed by atoms with E-state index >= 15 is 0 Å². The molecule has 0 saturated carbocycles. The number of hydrogen-bond donors (Lipinski definition) is 0. The number of nitrogens with zero attached hydrogens (tertiary/aromatic N) is 6. The minimum absolute atomic E-state index is 0.0607. The summed E-state index contributed by atoms with van der Waals surface area (Å²) in [4.78, 5) is 26.8. The van der Waals surface area contributed by atoms with Crippen LogP contribution in [-0.2, 0) is 6.42 Å². The molecule has 0 unspecified atom stereocenters. The van der Waals surface area contributed by atoms with Gasteiger partial charge in [0, 0.05) is 32.6 Å². The van der Waals surface area contributed by atoms with Gasteiger partial charge in [-0.3, -0.25) is 4.79 Å². The highest BCUT2D eigenvalue weighted by Crippen LogP contribution is 2.30. The van der Waals surface area contributed by atoms with Crippen molar-refractivity contribution >= 4 is 22.8 Å². The summed E-state index contributed by atoms with van der Waals surface area (Å²) in [6, 6.07) is 13.6. The zero-order valence-corrected chi connectivity index (χ0v) is 19.1. The molecule has 4 aromatic rings. The van der Waals surface area contributed by atoms with Gasteiger partial charge in [-0.1, -0.05) is 25.1 Å². The Morgan fingerprint density at radius 3 is 2.64 bits per heavy atom. The van der Waals surface area contributed by atoms with E-state index in [0.29, 0.717) is 25.4 Å². The summed E-state index contributed by atoms with van der Waals surface area (Å²) in [6.45, 7) is 6.96. The van der Waals surface area contributed by atoms with Crippen LogP contribution >= 0.6 is 0 Å². The lowest BCUT2D eigenvalue weighted by Crippen LogP contribution is -2.35. The van der Waals surface area contributed by atoms with Gasteiger partial charge in [0.1, 0.15) is 11.6 Å². The standard InChI is InChI=1S/C25H28N6O2/c1-3-9-21-26-23(22-18(2)28-31(24(22)27-21)19-10-5-4-6-11-19)29-13-8-14-30(16-15-29)25(32)20-12-7-17-33-20/h4-7,10-12,17H,3,8-9,13-16H2,1-2H3. The summed E-state index contributed by atoms with van der Waals surface area (Å²) in [5, 5.41) is 5.80. The fraction of sp³-hybridized carbons (Fsp3) is 0.360. The Morgan fingerprint density at radius 1 is 1.03 bits per heavy atom. The number of aromatic nitrogens is 4. The van der Waals surface area contributed by atoms with Crippen LogP contribution < -0.4 is 4.90 Å². The van der Waals surface area contributed by atoms with E-state index in [9.17, 15) is 4.79 Å². The molecule has 170 valence electrons. The molecule has 1 saturated heterocycles. The Labute approximate surface area is 192 Å². The lowest BCUT2D eigenvalue weighted by molar-refractivity contribution is 0.0735. The van der Waals surface area contributed by atoms with Gasteiger partial charge in [-0.05, 0) is 44.0 Å². The second kappa shape index (κ2) is 9.05. The molecular weight excluding hydrogens is 416 g/mol. The van der Waals surface area contributed by atoms with Gasteiger partial charge in [0.2, 0.25) is 0 Å². The lowest BCUT2D eigenvalue weighted by Gasteiger charge is -2.23. The number of hydrogen-bond acceptors (Lipinski definition) is 6. The van der Waals surface area contributed by atoms with E-state index in [0.717, 1.165) is 59.9 Å². The van der Waals surface area contributed by atoms with Crippen LogP contribution in [0.5, 0.6) is 0 Å². The highest BCUT2D eigenvalue weighted by atomic mass is 16.3. The summed E-state index contributed by atoms with van der Waals surface area (Å²) in [6.07, 6.45) is 4.16. The first kappa shape index (κ1) is 21.2. The van der Waals surface area contributed by atoms with Crippen LogP contribution in [0, 0.1) is 6.92 Å². The number of para-hydroxylation sites is 1. The highest BCUT2D eigenvalue weighted by molar-refractivity contribution is 5.92. The maximum Gasteiger partial charge on any atom is 0.289 e. The van der Waals surface area contributed by atoms with Crippen LogP contribution in [-0.4, -0.2) is 56.7 Å². The fourth-order valence-electron chi connectivity index (χ4n) is 4.41. The summed E-state index contributed by atoms with van der Waals surface area (Å²) in [5.41, 5.74) is 2.72. The number of carbonyl (C=O) groups is 1. The minimum atomic E-state index is -0.0607. The van der Waals surface area contributed by atoms with E-state index in [-0.39, 0.29) is 5.91 Å². The third-order valence-electron chi connectivity index (χ3n) is 6.02. The van der Waals surface area contributed by atoms with E-state index in [1.165, 1.54) is 6.26 Å². The predicted molar refractivity (Wildman–Crippen MR) is 127 cm³/mol. The molecule has 0 atom stereocenters. The molecule has 33 heavy (non-hydrogen) atoms. The molecule has 0 aliphatic carbocycles. The fourth-order valence-corrected chi connectivity index (χ4v) is 4.41. The van der Waals surface area contributed by atoms with E-state index in [1.807, 2.05) is 46.8 Å². The molecule has 5 rings (SSSR count). The number of aryl methyl sites for hydroxylation is 2. The maximum atomic E-state index is 12.8. The highest BCUT2D eigenvalue weighted by Gasteiger charge is 2.26. The second-order valence-electron chi connectivity index (χ2n) is 8.35. The van der Waals surface area contributed by atoms with Crippen LogP contribution in [0.2, 0.25) is 0 Å². The summed E-state index contributed by atoms with van der Waals surface area (Å²) < 4.78 is 7.24. The summed E-state index contributed by atoms with van der Waals surface area (Å²) >= 11 is 0. The number of anilines is 1. The molecule has 3 aromatic heterocycles. The number of furan rings is 1. The van der Waals surface area contributed by atoms with Crippen molar-refractivity contribution < 1.29 is 9.21 Å². The normalized spacial score (nSPS) is 14.6.